The summed E-state index contributed by atoms with van der Waals surface area (Å²) in [5, 5.41) is 5.39. The molecule has 0 saturated heterocycles. The zero-order chi connectivity index (χ0) is 12.8. The van der Waals surface area contributed by atoms with Crippen molar-refractivity contribution in [2.24, 2.45) is 0 Å². The first-order chi connectivity index (χ1) is 8.02. The minimum Gasteiger partial charge on any atom is -0.359 e. The summed E-state index contributed by atoms with van der Waals surface area (Å²) in [6.07, 6.45) is 0.250. The molecule has 2 N–H and O–H groups in total. The van der Waals surface area contributed by atoms with E-state index < -0.39 is 0 Å². The highest BCUT2D eigenvalue weighted by Gasteiger charge is 2.08. The first kappa shape index (κ1) is 13.4. The number of nitrogens with zero attached hydrogens (tertiary/aromatic N) is 1. The molecule has 0 radical (unpaired) electrons. The first-order valence-corrected chi connectivity index (χ1v) is 5.53. The Hall–Kier alpha value is -1.62. The van der Waals surface area contributed by atoms with Crippen molar-refractivity contribution in [3.8, 4) is 0 Å². The number of rotatable bonds is 4. The molecule has 1 rings (SSSR count). The molecule has 0 atom stereocenters. The van der Waals surface area contributed by atoms with Crippen LogP contribution in [-0.4, -0.2) is 30.4 Å². The van der Waals surface area contributed by atoms with Crippen molar-refractivity contribution in [3.05, 3.63) is 28.5 Å². The highest BCUT2D eigenvalue weighted by Crippen LogP contribution is 2.10. The summed E-state index contributed by atoms with van der Waals surface area (Å²) < 4.78 is 0. The molecule has 0 saturated carbocycles. The van der Waals surface area contributed by atoms with E-state index in [0.717, 1.165) is 0 Å². The Morgan fingerprint density at radius 1 is 1.41 bits per heavy atom. The average molecular weight is 256 g/mol. The normalized spacial score (nSPS) is 9.82. The summed E-state index contributed by atoms with van der Waals surface area (Å²) in [6.45, 7) is 2.05. The summed E-state index contributed by atoms with van der Waals surface area (Å²) in [6, 6.07) is 3.13. The van der Waals surface area contributed by atoms with Gasteiger partial charge in [-0.25, -0.2) is 4.98 Å². The van der Waals surface area contributed by atoms with Crippen LogP contribution >= 0.6 is 11.6 Å². The Morgan fingerprint density at radius 3 is 2.71 bits per heavy atom. The van der Waals surface area contributed by atoms with Crippen molar-refractivity contribution in [1.29, 1.82) is 0 Å². The number of carbonyl (C=O) groups is 2. The molecule has 0 spiro atoms. The molecule has 0 unspecified atom stereocenters. The van der Waals surface area contributed by atoms with Crippen LogP contribution in [0.1, 0.15) is 22.5 Å². The molecule has 0 fully saturated rings. The third-order valence-corrected chi connectivity index (χ3v) is 2.29. The zero-order valence-electron chi connectivity index (χ0n) is 9.71. The third-order valence-electron chi connectivity index (χ3n) is 2.10. The van der Waals surface area contributed by atoms with E-state index in [1.165, 1.54) is 6.07 Å². The highest BCUT2D eigenvalue weighted by molar-refractivity contribution is 6.29. The molecule has 1 heterocycles. The number of hydrogen-bond donors (Lipinski definition) is 2. The van der Waals surface area contributed by atoms with Crippen LogP contribution in [0.5, 0.6) is 0 Å². The van der Waals surface area contributed by atoms with E-state index in [4.69, 9.17) is 11.6 Å². The fraction of sp³-hybridized carbons (Fsp3) is 0.364. The van der Waals surface area contributed by atoms with Gasteiger partial charge in [0.05, 0.1) is 0 Å². The van der Waals surface area contributed by atoms with Crippen LogP contribution in [0.3, 0.4) is 0 Å². The van der Waals surface area contributed by atoms with Crippen LogP contribution in [0.2, 0.25) is 5.15 Å². The molecule has 1 aromatic heterocycles. The molecule has 0 aliphatic carbocycles. The predicted molar refractivity (Wildman–Crippen MR) is 65.0 cm³/mol. The molecular weight excluding hydrogens is 242 g/mol. The standard InChI is InChI=1S/C11H14ClN3O2/c1-7-5-8(6-9(12)15-7)11(17)14-4-3-10(16)13-2/h5-6H,3-4H2,1-2H3,(H,13,16)(H,14,17). The second kappa shape index (κ2) is 6.20. The summed E-state index contributed by atoms with van der Waals surface area (Å²) in [7, 11) is 1.55. The van der Waals surface area contributed by atoms with Gasteiger partial charge in [-0.05, 0) is 19.1 Å². The number of aryl methyl sites for hydroxylation is 1. The number of nitrogens with one attached hydrogen (secondary N) is 2. The van der Waals surface area contributed by atoms with Gasteiger partial charge in [-0.15, -0.1) is 0 Å². The van der Waals surface area contributed by atoms with E-state index in [9.17, 15) is 9.59 Å². The maximum atomic E-state index is 11.7. The fourth-order valence-electron chi connectivity index (χ4n) is 1.28. The summed E-state index contributed by atoms with van der Waals surface area (Å²) in [4.78, 5) is 26.6. The van der Waals surface area contributed by atoms with Gasteiger partial charge >= 0.3 is 0 Å². The maximum absolute atomic E-state index is 11.7. The van der Waals surface area contributed by atoms with Crippen LogP contribution in [-0.2, 0) is 4.79 Å². The molecular formula is C11H14ClN3O2. The second-order valence-electron chi connectivity index (χ2n) is 3.50. The fourth-order valence-corrected chi connectivity index (χ4v) is 1.53. The SMILES string of the molecule is CNC(=O)CCNC(=O)c1cc(C)nc(Cl)c1. The van der Waals surface area contributed by atoms with E-state index in [0.29, 0.717) is 11.3 Å². The topological polar surface area (TPSA) is 71.1 Å². The molecule has 92 valence electrons. The third kappa shape index (κ3) is 4.40. The summed E-state index contributed by atoms with van der Waals surface area (Å²) >= 11 is 5.75. The number of hydrogen-bond acceptors (Lipinski definition) is 3. The number of pyridine rings is 1. The number of halogens is 1. The number of amides is 2. The Labute approximate surface area is 105 Å². The molecule has 17 heavy (non-hydrogen) atoms. The smallest absolute Gasteiger partial charge is 0.251 e. The van der Waals surface area contributed by atoms with E-state index in [2.05, 4.69) is 15.6 Å². The first-order valence-electron chi connectivity index (χ1n) is 5.16. The Bertz CT molecular complexity index is 414. The van der Waals surface area contributed by atoms with Gasteiger partial charge in [0, 0.05) is 31.3 Å². The molecule has 2 amide bonds. The van der Waals surface area contributed by atoms with Gasteiger partial charge in [0.25, 0.3) is 5.91 Å². The van der Waals surface area contributed by atoms with Crippen molar-refractivity contribution < 1.29 is 9.59 Å². The van der Waals surface area contributed by atoms with Gasteiger partial charge in [0.1, 0.15) is 5.15 Å². The molecule has 0 aliphatic heterocycles. The number of carbonyl (C=O) groups excluding carboxylic acids is 2. The van der Waals surface area contributed by atoms with Crippen molar-refractivity contribution in [2.75, 3.05) is 13.6 Å². The lowest BCUT2D eigenvalue weighted by atomic mass is 10.2. The van der Waals surface area contributed by atoms with Crippen molar-refractivity contribution in [1.82, 2.24) is 15.6 Å². The van der Waals surface area contributed by atoms with E-state index in [1.807, 2.05) is 0 Å². The maximum Gasteiger partial charge on any atom is 0.251 e. The van der Waals surface area contributed by atoms with Gasteiger partial charge in [-0.2, -0.15) is 0 Å². The van der Waals surface area contributed by atoms with Gasteiger partial charge in [-0.3, -0.25) is 9.59 Å². The highest BCUT2D eigenvalue weighted by atomic mass is 35.5. The second-order valence-corrected chi connectivity index (χ2v) is 3.89. The quantitative estimate of drug-likeness (QED) is 0.786. The largest absolute Gasteiger partial charge is 0.359 e. The van der Waals surface area contributed by atoms with Gasteiger partial charge in [-0.1, -0.05) is 11.6 Å². The Kier molecular flexibility index (Phi) is 4.90. The monoisotopic (exact) mass is 255 g/mol. The van der Waals surface area contributed by atoms with Crippen LogP contribution < -0.4 is 10.6 Å². The van der Waals surface area contributed by atoms with Gasteiger partial charge < -0.3 is 10.6 Å². The Morgan fingerprint density at radius 2 is 2.12 bits per heavy atom. The van der Waals surface area contributed by atoms with Crippen LogP contribution in [0.4, 0.5) is 0 Å². The lowest BCUT2D eigenvalue weighted by Crippen LogP contribution is -2.29. The minimum absolute atomic E-state index is 0.116. The molecule has 6 heteroatoms. The van der Waals surface area contributed by atoms with Crippen molar-refractivity contribution >= 4 is 23.4 Å². The predicted octanol–water partition coefficient (Wildman–Crippen LogP) is 0.909. The van der Waals surface area contributed by atoms with Crippen LogP contribution in [0, 0.1) is 6.92 Å². The summed E-state index contributed by atoms with van der Waals surface area (Å²) in [5.74, 6) is -0.379. The van der Waals surface area contributed by atoms with Crippen LogP contribution in [0.25, 0.3) is 0 Å². The average Bonchev–Trinajstić information content (AvgIpc) is 2.27. The Balaban J connectivity index is 2.55. The van der Waals surface area contributed by atoms with Crippen molar-refractivity contribution in [3.63, 3.8) is 0 Å². The molecule has 5 nitrogen and oxygen atoms in total. The van der Waals surface area contributed by atoms with Crippen LogP contribution in [0.15, 0.2) is 12.1 Å². The van der Waals surface area contributed by atoms with Gasteiger partial charge in [0.2, 0.25) is 5.91 Å². The lowest BCUT2D eigenvalue weighted by Gasteiger charge is -2.05. The van der Waals surface area contributed by atoms with Gasteiger partial charge in [0.15, 0.2) is 0 Å². The molecule has 0 aromatic carbocycles. The van der Waals surface area contributed by atoms with E-state index in [1.54, 1.807) is 20.0 Å². The van der Waals surface area contributed by atoms with E-state index in [-0.39, 0.29) is 29.9 Å². The zero-order valence-corrected chi connectivity index (χ0v) is 10.5. The molecule has 0 bridgehead atoms. The number of aromatic nitrogens is 1. The minimum atomic E-state index is -0.263. The molecule has 0 aliphatic rings. The summed E-state index contributed by atoms with van der Waals surface area (Å²) in [5.41, 5.74) is 1.12. The van der Waals surface area contributed by atoms with Crippen molar-refractivity contribution in [2.45, 2.75) is 13.3 Å². The lowest BCUT2D eigenvalue weighted by molar-refractivity contribution is -0.120. The van der Waals surface area contributed by atoms with E-state index >= 15 is 0 Å². The molecule has 1 aromatic rings.